The minimum Gasteiger partial charge on any atom is -0.393 e. The van der Waals surface area contributed by atoms with Gasteiger partial charge in [0.15, 0.2) is 0 Å². The Morgan fingerprint density at radius 2 is 1.77 bits per heavy atom. The molecule has 0 radical (unpaired) electrons. The number of aliphatic hydroxyl groups is 5. The summed E-state index contributed by atoms with van der Waals surface area (Å²) in [5.74, 6) is 0.0182. The summed E-state index contributed by atoms with van der Waals surface area (Å²) < 4.78 is 35.4. The molecular formula is C29H50O9S. The molecule has 13 atom stereocenters. The molecule has 0 aromatic carbocycles. The minimum atomic E-state index is -4.67. The zero-order chi connectivity index (χ0) is 29.3. The van der Waals surface area contributed by atoms with Crippen LogP contribution >= 0.6 is 0 Å². The van der Waals surface area contributed by atoms with Gasteiger partial charge in [-0.25, -0.2) is 4.18 Å². The van der Waals surface area contributed by atoms with Crippen LogP contribution in [0.15, 0.2) is 11.6 Å². The Kier molecular flexibility index (Phi) is 8.27. The summed E-state index contributed by atoms with van der Waals surface area (Å²) in [4.78, 5) is 0. The van der Waals surface area contributed by atoms with Gasteiger partial charge in [-0.2, -0.15) is 8.42 Å². The molecule has 0 bridgehead atoms. The molecular weight excluding hydrogens is 524 g/mol. The van der Waals surface area contributed by atoms with Gasteiger partial charge >= 0.3 is 10.4 Å². The Bertz CT molecular complexity index is 1060. The normalized spacial score (nSPS) is 47.9. The van der Waals surface area contributed by atoms with Crippen LogP contribution in [0.5, 0.6) is 0 Å². The number of hydrogen-bond acceptors (Lipinski definition) is 8. The molecule has 5 unspecified atom stereocenters. The highest BCUT2D eigenvalue weighted by Crippen LogP contribution is 2.69. The molecule has 0 aliphatic heterocycles. The van der Waals surface area contributed by atoms with E-state index in [1.165, 1.54) is 6.92 Å². The topological polar surface area (TPSA) is 165 Å². The van der Waals surface area contributed by atoms with E-state index in [-0.39, 0.29) is 41.4 Å². The highest BCUT2D eigenvalue weighted by atomic mass is 32.3. The number of aliphatic hydroxyl groups excluding tert-OH is 3. The Morgan fingerprint density at radius 1 is 1.13 bits per heavy atom. The van der Waals surface area contributed by atoms with E-state index >= 15 is 0 Å². The van der Waals surface area contributed by atoms with Crippen LogP contribution in [-0.2, 0) is 14.6 Å². The third-order valence-electron chi connectivity index (χ3n) is 12.2. The summed E-state index contributed by atoms with van der Waals surface area (Å²) in [7, 11) is -4.67. The van der Waals surface area contributed by atoms with E-state index in [0.717, 1.165) is 18.4 Å². The monoisotopic (exact) mass is 574 g/mol. The van der Waals surface area contributed by atoms with Gasteiger partial charge < -0.3 is 25.5 Å². The quantitative estimate of drug-likeness (QED) is 0.198. The fourth-order valence-corrected chi connectivity index (χ4v) is 10.1. The molecule has 4 fully saturated rings. The second-order valence-corrected chi connectivity index (χ2v) is 15.4. The van der Waals surface area contributed by atoms with Crippen molar-refractivity contribution in [3.63, 3.8) is 0 Å². The van der Waals surface area contributed by atoms with Gasteiger partial charge in [0.05, 0.1) is 36.1 Å². The SMILES string of the molecule is C/C(=C\[C@@H](C)[C@H]1C[C@H](O)[C@H]2[C@@H]3CC(O)C4(O)CC(O)CCC4(C)C3CC[C@@]21C)[C@H](C)[C@](C)(O)COS(=O)(=O)O. The first-order chi connectivity index (χ1) is 17.8. The zero-order valence-corrected chi connectivity index (χ0v) is 25.1. The van der Waals surface area contributed by atoms with Crippen molar-refractivity contribution in [3.8, 4) is 0 Å². The summed E-state index contributed by atoms with van der Waals surface area (Å²) in [6, 6.07) is 0. The van der Waals surface area contributed by atoms with Crippen LogP contribution in [0.25, 0.3) is 0 Å². The highest BCUT2D eigenvalue weighted by molar-refractivity contribution is 7.80. The van der Waals surface area contributed by atoms with Gasteiger partial charge in [0.2, 0.25) is 0 Å². The molecule has 0 aromatic heterocycles. The van der Waals surface area contributed by atoms with Crippen LogP contribution in [0.4, 0.5) is 0 Å². The third kappa shape index (κ3) is 5.26. The predicted octanol–water partition coefficient (Wildman–Crippen LogP) is 2.85. The van der Waals surface area contributed by atoms with Gasteiger partial charge in [0, 0.05) is 17.8 Å². The van der Waals surface area contributed by atoms with Crippen LogP contribution in [0.3, 0.4) is 0 Å². The molecule has 0 saturated heterocycles. The Hall–Kier alpha value is -0.590. The Morgan fingerprint density at radius 3 is 2.38 bits per heavy atom. The molecule has 6 N–H and O–H groups in total. The van der Waals surface area contributed by atoms with Crippen molar-refractivity contribution in [1.82, 2.24) is 0 Å². The van der Waals surface area contributed by atoms with Gasteiger partial charge in [-0.1, -0.05) is 39.3 Å². The van der Waals surface area contributed by atoms with Crippen molar-refractivity contribution < 1.29 is 42.7 Å². The van der Waals surface area contributed by atoms with E-state index < -0.39 is 57.9 Å². The first-order valence-corrected chi connectivity index (χ1v) is 15.9. The lowest BCUT2D eigenvalue weighted by Crippen LogP contribution is -2.69. The van der Waals surface area contributed by atoms with Gasteiger partial charge in [-0.15, -0.1) is 0 Å². The lowest BCUT2D eigenvalue weighted by molar-refractivity contribution is -0.268. The predicted molar refractivity (Wildman–Crippen MR) is 146 cm³/mol. The molecule has 4 aliphatic carbocycles. The van der Waals surface area contributed by atoms with Crippen molar-refractivity contribution in [2.24, 2.45) is 46.3 Å². The van der Waals surface area contributed by atoms with E-state index in [9.17, 15) is 34.0 Å². The summed E-state index contributed by atoms with van der Waals surface area (Å²) in [5.41, 5.74) is -2.65. The van der Waals surface area contributed by atoms with E-state index in [2.05, 4.69) is 31.0 Å². The van der Waals surface area contributed by atoms with Crippen LogP contribution in [0.2, 0.25) is 0 Å². The van der Waals surface area contributed by atoms with E-state index in [1.807, 2.05) is 6.92 Å². The lowest BCUT2D eigenvalue weighted by Gasteiger charge is -2.65. The number of rotatable bonds is 7. The molecule has 4 rings (SSSR count). The maximum atomic E-state index is 11.7. The average Bonchev–Trinajstić information content (AvgIpc) is 3.09. The van der Waals surface area contributed by atoms with E-state index in [0.29, 0.717) is 25.7 Å². The first kappa shape index (κ1) is 31.3. The summed E-state index contributed by atoms with van der Waals surface area (Å²) in [6.07, 6.45) is 4.33. The smallest absolute Gasteiger partial charge is 0.393 e. The molecule has 0 spiro atoms. The van der Waals surface area contributed by atoms with Gasteiger partial charge in [0.1, 0.15) is 0 Å². The van der Waals surface area contributed by atoms with Crippen LogP contribution < -0.4 is 0 Å². The highest BCUT2D eigenvalue weighted by Gasteiger charge is 2.68. The molecule has 39 heavy (non-hydrogen) atoms. The second kappa shape index (κ2) is 10.3. The molecule has 4 saturated carbocycles. The van der Waals surface area contributed by atoms with E-state index in [4.69, 9.17) is 4.55 Å². The molecule has 0 amide bonds. The van der Waals surface area contributed by atoms with Crippen LogP contribution in [-0.4, -0.2) is 74.6 Å². The Balaban J connectivity index is 1.56. The number of fused-ring (bicyclic) bond motifs is 5. The van der Waals surface area contributed by atoms with Crippen molar-refractivity contribution in [2.75, 3.05) is 6.61 Å². The molecule has 4 aliphatic rings. The summed E-state index contributed by atoms with van der Waals surface area (Å²) >= 11 is 0. The van der Waals surface area contributed by atoms with Crippen molar-refractivity contribution in [2.45, 2.75) is 116 Å². The molecule has 226 valence electrons. The summed E-state index contributed by atoms with van der Waals surface area (Å²) in [5, 5.41) is 55.6. The molecule has 0 heterocycles. The second-order valence-electron chi connectivity index (χ2n) is 14.3. The molecule has 10 heteroatoms. The van der Waals surface area contributed by atoms with Gasteiger partial charge in [-0.05, 0) is 87.4 Å². The third-order valence-corrected chi connectivity index (χ3v) is 12.6. The van der Waals surface area contributed by atoms with Crippen molar-refractivity contribution >= 4 is 10.4 Å². The van der Waals surface area contributed by atoms with Gasteiger partial charge in [-0.3, -0.25) is 4.55 Å². The number of allylic oxidation sites excluding steroid dienone is 1. The van der Waals surface area contributed by atoms with Crippen molar-refractivity contribution in [1.29, 1.82) is 0 Å². The maximum absolute atomic E-state index is 11.7. The van der Waals surface area contributed by atoms with Crippen LogP contribution in [0, 0.1) is 46.3 Å². The Labute approximate surface area is 233 Å². The standard InChI is InChI=1S/C29H50O9S/c1-16(18(3)28(6,33)15-38-39(35,36)37)11-17(2)22-13-23(31)25-20-12-24(32)29(34)14-19(30)7-10-27(29,5)21(20)8-9-26(22,25)4/h11,17-25,30-34H,7-10,12-15H2,1-6H3,(H,35,36,37)/b16-11+/t17-,18+,19?,20-,21?,22-,23+,24?,25-,26-,27?,28-,29?/m1/s1. The average molecular weight is 575 g/mol. The zero-order valence-electron chi connectivity index (χ0n) is 24.2. The molecule has 9 nitrogen and oxygen atoms in total. The van der Waals surface area contributed by atoms with Gasteiger partial charge in [0.25, 0.3) is 0 Å². The summed E-state index contributed by atoms with van der Waals surface area (Å²) in [6.45, 7) is 11.0. The maximum Gasteiger partial charge on any atom is 0.397 e. The lowest BCUT2D eigenvalue weighted by atomic mass is 9.42. The fraction of sp³-hybridized carbons (Fsp3) is 0.931. The van der Waals surface area contributed by atoms with E-state index in [1.54, 1.807) is 6.92 Å². The largest absolute Gasteiger partial charge is 0.397 e. The molecule has 0 aromatic rings. The number of hydrogen-bond donors (Lipinski definition) is 6. The fourth-order valence-electron chi connectivity index (χ4n) is 9.67. The van der Waals surface area contributed by atoms with Crippen LogP contribution in [0.1, 0.15) is 86.5 Å². The van der Waals surface area contributed by atoms with Crippen molar-refractivity contribution in [3.05, 3.63) is 11.6 Å². The minimum absolute atomic E-state index is 0.0102. The first-order valence-electron chi connectivity index (χ1n) is 14.6.